The number of carboxylic acids is 1. The smallest absolute Gasteiger partial charge is 0.326 e. The number of urea groups is 1. The molecule has 1 unspecified atom stereocenters. The van der Waals surface area contributed by atoms with E-state index in [9.17, 15) is 24.3 Å². The molecule has 0 saturated heterocycles. The highest BCUT2D eigenvalue weighted by atomic mass is 16.4. The summed E-state index contributed by atoms with van der Waals surface area (Å²) in [6.45, 7) is -0.415. The van der Waals surface area contributed by atoms with Gasteiger partial charge in [0, 0.05) is 35.8 Å². The van der Waals surface area contributed by atoms with E-state index in [0.29, 0.717) is 16.9 Å². The fraction of sp³-hybridized carbons (Fsp3) is 0.125. The molecule has 5 N–H and O–H groups in total. The molecule has 10 nitrogen and oxygen atoms in total. The summed E-state index contributed by atoms with van der Waals surface area (Å²) in [7, 11) is 0. The van der Waals surface area contributed by atoms with Crippen LogP contribution in [-0.2, 0) is 16.0 Å². The van der Waals surface area contributed by atoms with Crippen molar-refractivity contribution in [2.45, 2.75) is 12.5 Å². The van der Waals surface area contributed by atoms with Gasteiger partial charge >= 0.3 is 12.0 Å². The van der Waals surface area contributed by atoms with Gasteiger partial charge in [-0.1, -0.05) is 30.3 Å². The number of benzene rings is 2. The highest BCUT2D eigenvalue weighted by molar-refractivity contribution is 6.02. The number of para-hydroxylation sites is 1. The summed E-state index contributed by atoms with van der Waals surface area (Å²) in [5.74, 6) is -2.40. The van der Waals surface area contributed by atoms with Crippen molar-refractivity contribution in [1.29, 1.82) is 0 Å². The minimum absolute atomic E-state index is 0.0572. The molecule has 1 atom stereocenters. The molecule has 0 spiro atoms. The van der Waals surface area contributed by atoms with Crippen molar-refractivity contribution >= 4 is 35.2 Å². The molecule has 0 aliphatic rings. The largest absolute Gasteiger partial charge is 0.480 e. The van der Waals surface area contributed by atoms with E-state index in [4.69, 9.17) is 0 Å². The first-order valence-electron chi connectivity index (χ1n) is 10.3. The zero-order valence-corrected chi connectivity index (χ0v) is 18.0. The van der Waals surface area contributed by atoms with Crippen LogP contribution in [0.4, 0.5) is 16.2 Å². The van der Waals surface area contributed by atoms with Crippen molar-refractivity contribution in [2.75, 3.05) is 17.2 Å². The minimum Gasteiger partial charge on any atom is -0.480 e. The third kappa shape index (κ3) is 7.45. The number of pyridine rings is 1. The van der Waals surface area contributed by atoms with Crippen LogP contribution in [-0.4, -0.2) is 46.5 Å². The Morgan fingerprint density at radius 1 is 0.882 bits per heavy atom. The number of aromatic nitrogens is 1. The molecule has 0 radical (unpaired) electrons. The molecule has 0 fully saturated rings. The molecule has 3 rings (SSSR count). The molecule has 1 heterocycles. The number of hydrogen-bond donors (Lipinski definition) is 5. The second-order valence-electron chi connectivity index (χ2n) is 7.23. The number of rotatable bonds is 9. The van der Waals surface area contributed by atoms with Crippen LogP contribution in [0, 0.1) is 0 Å². The topological polar surface area (TPSA) is 150 Å². The van der Waals surface area contributed by atoms with Crippen molar-refractivity contribution < 1.29 is 24.3 Å². The van der Waals surface area contributed by atoms with E-state index in [1.54, 1.807) is 54.7 Å². The average molecular weight is 461 g/mol. The Balaban J connectivity index is 1.51. The lowest BCUT2D eigenvalue weighted by atomic mass is 10.1. The minimum atomic E-state index is -1.20. The van der Waals surface area contributed by atoms with Crippen LogP contribution in [0.2, 0.25) is 0 Å². The van der Waals surface area contributed by atoms with Crippen LogP contribution >= 0.6 is 0 Å². The normalized spacial score (nSPS) is 11.1. The first-order valence-corrected chi connectivity index (χ1v) is 10.3. The third-order valence-electron chi connectivity index (χ3n) is 4.62. The SMILES string of the molecule is O=C(CNC(=O)c1cccc(NC(=O)Nc2ccccc2)c1)NC(Cc1cccnc1)C(=O)O. The summed E-state index contributed by atoms with van der Waals surface area (Å²) < 4.78 is 0. The Labute approximate surface area is 195 Å². The van der Waals surface area contributed by atoms with Gasteiger partial charge in [-0.05, 0) is 42.0 Å². The van der Waals surface area contributed by atoms with Gasteiger partial charge in [-0.25, -0.2) is 9.59 Å². The number of anilines is 2. The van der Waals surface area contributed by atoms with Crippen LogP contribution in [0.3, 0.4) is 0 Å². The predicted octanol–water partition coefficient (Wildman–Crippen LogP) is 2.27. The van der Waals surface area contributed by atoms with Crippen LogP contribution in [0.1, 0.15) is 15.9 Å². The molecule has 0 aliphatic heterocycles. The number of hydrogen-bond acceptors (Lipinski definition) is 5. The van der Waals surface area contributed by atoms with E-state index in [1.807, 2.05) is 6.07 Å². The zero-order chi connectivity index (χ0) is 24.3. The second-order valence-corrected chi connectivity index (χ2v) is 7.23. The first-order chi connectivity index (χ1) is 16.4. The predicted molar refractivity (Wildman–Crippen MR) is 125 cm³/mol. The number of nitrogens with one attached hydrogen (secondary N) is 4. The Morgan fingerprint density at radius 3 is 2.32 bits per heavy atom. The standard InChI is InChI=1S/C24H23N5O5/c30-21(29-20(23(32)33)12-16-6-5-11-25-14-16)15-26-22(31)17-7-4-10-19(13-17)28-24(34)27-18-8-2-1-3-9-18/h1-11,13-14,20H,12,15H2,(H,26,31)(H,29,30)(H,32,33)(H2,27,28,34). The van der Waals surface area contributed by atoms with Crippen LogP contribution < -0.4 is 21.3 Å². The summed E-state index contributed by atoms with van der Waals surface area (Å²) in [6, 6.07) is 16.8. The average Bonchev–Trinajstić information content (AvgIpc) is 2.83. The Bertz CT molecular complexity index is 1150. The molecule has 0 aliphatic carbocycles. The maximum Gasteiger partial charge on any atom is 0.326 e. The third-order valence-corrected chi connectivity index (χ3v) is 4.62. The second kappa shape index (κ2) is 11.8. The monoisotopic (exact) mass is 461 g/mol. The molecule has 10 heteroatoms. The van der Waals surface area contributed by atoms with Gasteiger partial charge in [0.25, 0.3) is 5.91 Å². The molecular formula is C24H23N5O5. The molecule has 4 amide bonds. The lowest BCUT2D eigenvalue weighted by molar-refractivity contribution is -0.141. The summed E-state index contributed by atoms with van der Waals surface area (Å²) in [5, 5.41) is 19.5. The molecular weight excluding hydrogens is 438 g/mol. The van der Waals surface area contributed by atoms with Gasteiger partial charge in [0.15, 0.2) is 0 Å². The van der Waals surface area contributed by atoms with E-state index in [-0.39, 0.29) is 12.0 Å². The molecule has 2 aromatic carbocycles. The number of amides is 4. The summed E-state index contributed by atoms with van der Waals surface area (Å²) in [6.07, 6.45) is 3.14. The number of nitrogens with zero attached hydrogens (tertiary/aromatic N) is 1. The van der Waals surface area contributed by atoms with E-state index in [0.717, 1.165) is 0 Å². The van der Waals surface area contributed by atoms with Gasteiger partial charge in [0.05, 0.1) is 6.54 Å². The van der Waals surface area contributed by atoms with Crippen molar-refractivity contribution in [2.24, 2.45) is 0 Å². The summed E-state index contributed by atoms with van der Waals surface area (Å²) in [4.78, 5) is 52.2. The number of carboxylic acid groups (broad SMARTS) is 1. The lowest BCUT2D eigenvalue weighted by Gasteiger charge is -2.15. The van der Waals surface area contributed by atoms with Crippen molar-refractivity contribution in [3.8, 4) is 0 Å². The van der Waals surface area contributed by atoms with E-state index < -0.39 is 36.4 Å². The fourth-order valence-corrected chi connectivity index (χ4v) is 3.02. The van der Waals surface area contributed by atoms with E-state index in [1.165, 1.54) is 18.3 Å². The fourth-order valence-electron chi connectivity index (χ4n) is 3.02. The van der Waals surface area contributed by atoms with Gasteiger partial charge in [-0.15, -0.1) is 0 Å². The van der Waals surface area contributed by atoms with Crippen molar-refractivity contribution in [1.82, 2.24) is 15.6 Å². The Kier molecular flexibility index (Phi) is 8.28. The Hall–Kier alpha value is -4.73. The van der Waals surface area contributed by atoms with Crippen LogP contribution in [0.5, 0.6) is 0 Å². The van der Waals surface area contributed by atoms with Gasteiger partial charge in [-0.3, -0.25) is 14.6 Å². The first kappa shape index (κ1) is 23.9. The number of carbonyl (C=O) groups is 4. The summed E-state index contributed by atoms with van der Waals surface area (Å²) >= 11 is 0. The summed E-state index contributed by atoms with van der Waals surface area (Å²) in [5.41, 5.74) is 1.87. The van der Waals surface area contributed by atoms with E-state index >= 15 is 0 Å². The molecule has 0 saturated carbocycles. The van der Waals surface area contributed by atoms with Gasteiger partial charge in [0.1, 0.15) is 6.04 Å². The highest BCUT2D eigenvalue weighted by Gasteiger charge is 2.21. The molecule has 1 aromatic heterocycles. The Morgan fingerprint density at radius 2 is 1.62 bits per heavy atom. The van der Waals surface area contributed by atoms with Crippen molar-refractivity contribution in [3.05, 3.63) is 90.3 Å². The maximum absolute atomic E-state index is 12.4. The van der Waals surface area contributed by atoms with Gasteiger partial charge in [0.2, 0.25) is 5.91 Å². The number of carbonyl (C=O) groups excluding carboxylic acids is 3. The quantitative estimate of drug-likeness (QED) is 0.330. The van der Waals surface area contributed by atoms with Crippen molar-refractivity contribution in [3.63, 3.8) is 0 Å². The highest BCUT2D eigenvalue weighted by Crippen LogP contribution is 2.12. The van der Waals surface area contributed by atoms with Gasteiger partial charge < -0.3 is 26.4 Å². The van der Waals surface area contributed by atoms with Gasteiger partial charge in [-0.2, -0.15) is 0 Å². The molecule has 34 heavy (non-hydrogen) atoms. The van der Waals surface area contributed by atoms with E-state index in [2.05, 4.69) is 26.3 Å². The maximum atomic E-state index is 12.4. The molecule has 3 aromatic rings. The molecule has 0 bridgehead atoms. The number of aliphatic carboxylic acids is 1. The van der Waals surface area contributed by atoms with Crippen LogP contribution in [0.15, 0.2) is 79.1 Å². The lowest BCUT2D eigenvalue weighted by Crippen LogP contribution is -2.46. The van der Waals surface area contributed by atoms with Crippen LogP contribution in [0.25, 0.3) is 0 Å². The zero-order valence-electron chi connectivity index (χ0n) is 18.0. The molecule has 174 valence electrons.